The first-order valence-electron chi connectivity index (χ1n) is 10.3. The van der Waals surface area contributed by atoms with Crippen molar-refractivity contribution in [3.8, 4) is 0 Å². The Morgan fingerprint density at radius 3 is 2.66 bits per heavy atom. The highest BCUT2D eigenvalue weighted by atomic mass is 32.1. The predicted octanol–water partition coefficient (Wildman–Crippen LogP) is 4.96. The standard InChI is InChI=1S/C24H21N3O3S2/c1-30-24(29)20-16-11-12-27(13-15-7-3-2-4-8-15)14-19(16)32-22(20)26-21(28)23-25-17-9-5-6-10-18(17)31-23/h2-10H,11-14H2,1H3,(H,26,28). The number of thiophene rings is 1. The summed E-state index contributed by atoms with van der Waals surface area (Å²) in [5.41, 5.74) is 3.50. The topological polar surface area (TPSA) is 71.5 Å². The molecule has 2 aromatic carbocycles. The van der Waals surface area contributed by atoms with E-state index in [0.29, 0.717) is 15.6 Å². The Kier molecular flexibility index (Phi) is 5.73. The Balaban J connectivity index is 1.41. The third-order valence-corrected chi connectivity index (χ3v) is 7.66. The van der Waals surface area contributed by atoms with E-state index in [2.05, 4.69) is 27.3 Å². The fourth-order valence-corrected chi connectivity index (χ4v) is 6.10. The lowest BCUT2D eigenvalue weighted by molar-refractivity contribution is 0.0600. The summed E-state index contributed by atoms with van der Waals surface area (Å²) in [5.74, 6) is -0.727. The summed E-state index contributed by atoms with van der Waals surface area (Å²) in [4.78, 5) is 33.4. The van der Waals surface area contributed by atoms with Crippen molar-refractivity contribution in [1.82, 2.24) is 9.88 Å². The van der Waals surface area contributed by atoms with Crippen LogP contribution < -0.4 is 5.32 Å². The van der Waals surface area contributed by atoms with Crippen molar-refractivity contribution in [2.24, 2.45) is 0 Å². The molecule has 4 aromatic rings. The van der Waals surface area contributed by atoms with Gasteiger partial charge in [0.15, 0.2) is 5.01 Å². The Morgan fingerprint density at radius 1 is 1.09 bits per heavy atom. The number of nitrogens with one attached hydrogen (secondary N) is 1. The zero-order chi connectivity index (χ0) is 22.1. The third-order valence-electron chi connectivity index (χ3n) is 5.49. The molecule has 1 aliphatic heterocycles. The maximum Gasteiger partial charge on any atom is 0.341 e. The van der Waals surface area contributed by atoms with E-state index in [1.165, 1.54) is 35.3 Å². The average molecular weight is 464 g/mol. The molecule has 162 valence electrons. The van der Waals surface area contributed by atoms with E-state index in [0.717, 1.165) is 46.7 Å². The number of aromatic nitrogens is 1. The maximum atomic E-state index is 12.9. The number of fused-ring (bicyclic) bond motifs is 2. The predicted molar refractivity (Wildman–Crippen MR) is 127 cm³/mol. The van der Waals surface area contributed by atoms with E-state index in [-0.39, 0.29) is 5.91 Å². The number of para-hydroxylation sites is 1. The summed E-state index contributed by atoms with van der Waals surface area (Å²) in [6.45, 7) is 2.42. The average Bonchev–Trinajstić information content (AvgIpc) is 3.40. The van der Waals surface area contributed by atoms with Crippen LogP contribution in [0.5, 0.6) is 0 Å². The van der Waals surface area contributed by atoms with E-state index in [9.17, 15) is 9.59 Å². The van der Waals surface area contributed by atoms with Crippen molar-refractivity contribution in [2.75, 3.05) is 19.0 Å². The van der Waals surface area contributed by atoms with Crippen LogP contribution in [0.3, 0.4) is 0 Å². The minimum atomic E-state index is -0.418. The molecular weight excluding hydrogens is 442 g/mol. The molecule has 0 fully saturated rings. The number of hydrogen-bond acceptors (Lipinski definition) is 7. The van der Waals surface area contributed by atoms with Crippen LogP contribution in [0.4, 0.5) is 5.00 Å². The van der Waals surface area contributed by atoms with Crippen molar-refractivity contribution in [1.29, 1.82) is 0 Å². The molecule has 32 heavy (non-hydrogen) atoms. The lowest BCUT2D eigenvalue weighted by Gasteiger charge is -2.27. The second-order valence-corrected chi connectivity index (χ2v) is 9.72. The van der Waals surface area contributed by atoms with Crippen molar-refractivity contribution < 1.29 is 14.3 Å². The van der Waals surface area contributed by atoms with Crippen LogP contribution in [0.2, 0.25) is 0 Å². The lowest BCUT2D eigenvalue weighted by Crippen LogP contribution is -2.29. The largest absolute Gasteiger partial charge is 0.465 e. The Labute approximate surface area is 193 Å². The van der Waals surface area contributed by atoms with E-state index >= 15 is 0 Å². The van der Waals surface area contributed by atoms with Crippen LogP contribution in [-0.4, -0.2) is 35.4 Å². The molecule has 0 spiro atoms. The molecule has 5 rings (SSSR count). The Morgan fingerprint density at radius 2 is 1.88 bits per heavy atom. The molecule has 0 radical (unpaired) electrons. The number of carbonyl (C=O) groups excluding carboxylic acids is 2. The van der Waals surface area contributed by atoms with E-state index in [1.807, 2.05) is 42.5 Å². The van der Waals surface area contributed by atoms with Crippen LogP contribution >= 0.6 is 22.7 Å². The number of nitrogens with zero attached hydrogens (tertiary/aromatic N) is 2. The smallest absolute Gasteiger partial charge is 0.341 e. The van der Waals surface area contributed by atoms with Crippen LogP contribution in [0, 0.1) is 0 Å². The van der Waals surface area contributed by atoms with Gasteiger partial charge in [-0.15, -0.1) is 22.7 Å². The van der Waals surface area contributed by atoms with Crippen LogP contribution in [0.1, 0.15) is 36.2 Å². The number of esters is 1. The molecular formula is C24H21N3O3S2. The van der Waals surface area contributed by atoms with E-state index < -0.39 is 5.97 Å². The highest BCUT2D eigenvalue weighted by molar-refractivity contribution is 7.20. The Bertz CT molecular complexity index is 1260. The van der Waals surface area contributed by atoms with Crippen molar-refractivity contribution in [3.63, 3.8) is 0 Å². The molecule has 6 nitrogen and oxygen atoms in total. The van der Waals surface area contributed by atoms with Gasteiger partial charge in [0.25, 0.3) is 5.91 Å². The molecule has 1 aliphatic rings. The number of anilines is 1. The molecule has 0 atom stereocenters. The van der Waals surface area contributed by atoms with Crippen molar-refractivity contribution >= 4 is 49.8 Å². The number of amides is 1. The van der Waals surface area contributed by atoms with Crippen LogP contribution in [-0.2, 0) is 24.2 Å². The second kappa shape index (κ2) is 8.82. The zero-order valence-corrected chi connectivity index (χ0v) is 19.1. The fraction of sp³-hybridized carbons (Fsp3) is 0.208. The second-order valence-electron chi connectivity index (χ2n) is 7.59. The van der Waals surface area contributed by atoms with Gasteiger partial charge in [0, 0.05) is 24.5 Å². The molecule has 1 amide bonds. The van der Waals surface area contributed by atoms with Gasteiger partial charge in [-0.25, -0.2) is 9.78 Å². The first-order valence-corrected chi connectivity index (χ1v) is 11.9. The lowest BCUT2D eigenvalue weighted by atomic mass is 10.0. The first-order chi connectivity index (χ1) is 15.6. The summed E-state index contributed by atoms with van der Waals surface area (Å²) < 4.78 is 6.00. The molecule has 0 aliphatic carbocycles. The minimum Gasteiger partial charge on any atom is -0.465 e. The summed E-state index contributed by atoms with van der Waals surface area (Å²) in [7, 11) is 1.37. The van der Waals surface area contributed by atoms with E-state index in [1.54, 1.807) is 0 Å². The number of carbonyl (C=O) groups is 2. The van der Waals surface area contributed by atoms with Gasteiger partial charge in [-0.1, -0.05) is 42.5 Å². The first kappa shape index (κ1) is 20.8. The summed E-state index contributed by atoms with van der Waals surface area (Å²) in [6, 6.07) is 18.0. The summed E-state index contributed by atoms with van der Waals surface area (Å²) in [6.07, 6.45) is 0.736. The van der Waals surface area contributed by atoms with Gasteiger partial charge in [0.2, 0.25) is 0 Å². The van der Waals surface area contributed by atoms with Crippen LogP contribution in [0.25, 0.3) is 10.2 Å². The number of ether oxygens (including phenoxy) is 1. The van der Waals surface area contributed by atoms with Gasteiger partial charge < -0.3 is 10.1 Å². The quantitative estimate of drug-likeness (QED) is 0.424. The number of thiazole rings is 1. The van der Waals surface area contributed by atoms with Crippen molar-refractivity contribution in [2.45, 2.75) is 19.5 Å². The molecule has 1 N–H and O–H groups in total. The molecule has 3 heterocycles. The summed E-state index contributed by atoms with van der Waals surface area (Å²) in [5, 5.41) is 3.84. The highest BCUT2D eigenvalue weighted by Crippen LogP contribution is 2.38. The molecule has 0 saturated heterocycles. The van der Waals surface area contributed by atoms with Gasteiger partial charge in [0.05, 0.1) is 22.9 Å². The molecule has 0 bridgehead atoms. The van der Waals surface area contributed by atoms with Crippen LogP contribution in [0.15, 0.2) is 54.6 Å². The number of rotatable bonds is 5. The van der Waals surface area contributed by atoms with Gasteiger partial charge in [-0.05, 0) is 29.7 Å². The zero-order valence-electron chi connectivity index (χ0n) is 17.5. The maximum absolute atomic E-state index is 12.9. The SMILES string of the molecule is COC(=O)c1c(NC(=O)c2nc3ccccc3s2)sc2c1CCN(Cc1ccccc1)C2. The highest BCUT2D eigenvalue weighted by Gasteiger charge is 2.30. The van der Waals surface area contributed by atoms with E-state index in [4.69, 9.17) is 4.74 Å². The van der Waals surface area contributed by atoms with Gasteiger partial charge >= 0.3 is 5.97 Å². The molecule has 8 heteroatoms. The van der Waals surface area contributed by atoms with Crippen molar-refractivity contribution in [3.05, 3.63) is 81.2 Å². The molecule has 0 unspecified atom stereocenters. The summed E-state index contributed by atoms with van der Waals surface area (Å²) >= 11 is 2.79. The number of methoxy groups -OCH3 is 1. The fourth-order valence-electron chi connectivity index (χ4n) is 3.96. The van der Waals surface area contributed by atoms with Gasteiger partial charge in [-0.2, -0.15) is 0 Å². The molecule has 2 aromatic heterocycles. The third kappa shape index (κ3) is 4.04. The number of benzene rings is 2. The minimum absolute atomic E-state index is 0.309. The van der Waals surface area contributed by atoms with Gasteiger partial charge in [0.1, 0.15) is 5.00 Å². The van der Waals surface area contributed by atoms with Gasteiger partial charge in [-0.3, -0.25) is 9.69 Å². The Hall–Kier alpha value is -3.07. The molecule has 0 saturated carbocycles. The number of hydrogen-bond donors (Lipinski definition) is 1. The normalized spacial score (nSPS) is 13.7. The monoisotopic (exact) mass is 463 g/mol.